The Labute approximate surface area is 106 Å². The van der Waals surface area contributed by atoms with Gasteiger partial charge in [-0.3, -0.25) is 9.59 Å². The van der Waals surface area contributed by atoms with Crippen LogP contribution in [0.2, 0.25) is 0 Å². The standard InChI is InChI=1S/C14H17NO3/c1-2-13(17)12-8-11(16)9-15(12)14(18)10-6-4-3-5-7-10/h3-7,11-12,16H,2,8-9H2,1H3/t11-,12+/m0/s1. The highest BCUT2D eigenvalue weighted by Gasteiger charge is 2.38. The highest BCUT2D eigenvalue weighted by atomic mass is 16.3. The Morgan fingerprint density at radius 3 is 2.61 bits per heavy atom. The van der Waals surface area contributed by atoms with E-state index in [2.05, 4.69) is 0 Å². The molecule has 1 aromatic carbocycles. The van der Waals surface area contributed by atoms with Crippen molar-refractivity contribution in [1.82, 2.24) is 4.90 Å². The first-order valence-electron chi connectivity index (χ1n) is 6.20. The maximum absolute atomic E-state index is 12.3. The number of aliphatic hydroxyl groups excluding tert-OH is 1. The Kier molecular flexibility index (Phi) is 3.77. The molecule has 4 heteroatoms. The molecule has 1 amide bonds. The smallest absolute Gasteiger partial charge is 0.254 e. The van der Waals surface area contributed by atoms with E-state index in [-0.39, 0.29) is 18.2 Å². The Morgan fingerprint density at radius 2 is 2.00 bits per heavy atom. The minimum Gasteiger partial charge on any atom is -0.391 e. The molecule has 0 aliphatic carbocycles. The average Bonchev–Trinajstić information content (AvgIpc) is 2.80. The first-order chi connectivity index (χ1) is 8.63. The first-order valence-corrected chi connectivity index (χ1v) is 6.20. The van der Waals surface area contributed by atoms with Gasteiger partial charge in [0.2, 0.25) is 0 Å². The summed E-state index contributed by atoms with van der Waals surface area (Å²) in [6.45, 7) is 2.02. The minimum absolute atomic E-state index is 0.0100. The van der Waals surface area contributed by atoms with Crippen molar-refractivity contribution in [2.45, 2.75) is 31.9 Å². The van der Waals surface area contributed by atoms with Crippen LogP contribution in [0, 0.1) is 0 Å². The molecule has 0 spiro atoms. The van der Waals surface area contributed by atoms with Crippen molar-refractivity contribution in [2.24, 2.45) is 0 Å². The van der Waals surface area contributed by atoms with Crippen molar-refractivity contribution >= 4 is 11.7 Å². The van der Waals surface area contributed by atoms with Gasteiger partial charge < -0.3 is 10.0 Å². The Hall–Kier alpha value is -1.68. The highest BCUT2D eigenvalue weighted by molar-refractivity contribution is 5.98. The predicted molar refractivity (Wildman–Crippen MR) is 67.2 cm³/mol. The van der Waals surface area contributed by atoms with E-state index in [0.29, 0.717) is 18.4 Å². The fourth-order valence-electron chi connectivity index (χ4n) is 2.33. The second-order valence-electron chi connectivity index (χ2n) is 4.55. The predicted octanol–water partition coefficient (Wildman–Crippen LogP) is 1.24. The Bertz CT molecular complexity index is 444. The molecule has 1 aromatic rings. The van der Waals surface area contributed by atoms with Crippen molar-refractivity contribution in [1.29, 1.82) is 0 Å². The van der Waals surface area contributed by atoms with Gasteiger partial charge in [0.15, 0.2) is 5.78 Å². The molecule has 96 valence electrons. The van der Waals surface area contributed by atoms with Crippen LogP contribution in [0.4, 0.5) is 0 Å². The molecule has 1 saturated heterocycles. The normalized spacial score (nSPS) is 23.1. The van der Waals surface area contributed by atoms with Crippen molar-refractivity contribution in [3.05, 3.63) is 35.9 Å². The van der Waals surface area contributed by atoms with E-state index in [1.54, 1.807) is 31.2 Å². The zero-order valence-corrected chi connectivity index (χ0v) is 10.4. The van der Waals surface area contributed by atoms with Gasteiger partial charge in [0.25, 0.3) is 5.91 Å². The summed E-state index contributed by atoms with van der Waals surface area (Å²) >= 11 is 0. The van der Waals surface area contributed by atoms with Gasteiger partial charge in [-0.1, -0.05) is 25.1 Å². The molecular weight excluding hydrogens is 230 g/mol. The van der Waals surface area contributed by atoms with Crippen molar-refractivity contribution < 1.29 is 14.7 Å². The third-order valence-corrected chi connectivity index (χ3v) is 3.28. The maximum Gasteiger partial charge on any atom is 0.254 e. The number of amides is 1. The molecular formula is C14H17NO3. The number of hydrogen-bond acceptors (Lipinski definition) is 3. The summed E-state index contributed by atoms with van der Waals surface area (Å²) in [5.41, 5.74) is 0.556. The monoisotopic (exact) mass is 247 g/mol. The van der Waals surface area contributed by atoms with Gasteiger partial charge in [0.05, 0.1) is 12.1 Å². The van der Waals surface area contributed by atoms with Crippen LogP contribution in [0.25, 0.3) is 0 Å². The first kappa shape index (κ1) is 12.8. The van der Waals surface area contributed by atoms with E-state index < -0.39 is 12.1 Å². The molecule has 0 aromatic heterocycles. The summed E-state index contributed by atoms with van der Waals surface area (Å²) < 4.78 is 0. The molecule has 2 atom stereocenters. The maximum atomic E-state index is 12.3. The number of Topliss-reactive ketones (excluding diaryl/α,β-unsaturated/α-hetero) is 1. The van der Waals surface area contributed by atoms with E-state index in [0.717, 1.165) is 0 Å². The molecule has 4 nitrogen and oxygen atoms in total. The van der Waals surface area contributed by atoms with E-state index in [4.69, 9.17) is 0 Å². The molecule has 0 radical (unpaired) electrons. The number of rotatable bonds is 3. The largest absolute Gasteiger partial charge is 0.391 e. The van der Waals surface area contributed by atoms with Crippen LogP contribution in [0.15, 0.2) is 30.3 Å². The van der Waals surface area contributed by atoms with E-state index in [9.17, 15) is 14.7 Å². The van der Waals surface area contributed by atoms with Crippen LogP contribution >= 0.6 is 0 Å². The Morgan fingerprint density at radius 1 is 1.33 bits per heavy atom. The quantitative estimate of drug-likeness (QED) is 0.874. The molecule has 0 saturated carbocycles. The van der Waals surface area contributed by atoms with Gasteiger partial charge in [0.1, 0.15) is 0 Å². The fraction of sp³-hybridized carbons (Fsp3) is 0.429. The van der Waals surface area contributed by atoms with Gasteiger partial charge in [-0.25, -0.2) is 0 Å². The summed E-state index contributed by atoms with van der Waals surface area (Å²) in [7, 11) is 0. The van der Waals surface area contributed by atoms with Crippen LogP contribution in [0.1, 0.15) is 30.1 Å². The van der Waals surface area contributed by atoms with Crippen LogP contribution in [0.5, 0.6) is 0 Å². The third kappa shape index (κ3) is 2.43. The van der Waals surface area contributed by atoms with Crippen molar-refractivity contribution in [3.8, 4) is 0 Å². The summed E-state index contributed by atoms with van der Waals surface area (Å²) in [5, 5.41) is 9.66. The summed E-state index contributed by atoms with van der Waals surface area (Å²) in [4.78, 5) is 25.6. The molecule has 1 heterocycles. The van der Waals surface area contributed by atoms with E-state index in [1.165, 1.54) is 4.90 Å². The van der Waals surface area contributed by atoms with E-state index in [1.807, 2.05) is 6.07 Å². The van der Waals surface area contributed by atoms with Crippen molar-refractivity contribution in [2.75, 3.05) is 6.54 Å². The molecule has 18 heavy (non-hydrogen) atoms. The molecule has 1 aliphatic heterocycles. The molecule has 2 rings (SSSR count). The number of aliphatic hydroxyl groups is 1. The topological polar surface area (TPSA) is 57.6 Å². The minimum atomic E-state index is -0.599. The molecule has 1 N–H and O–H groups in total. The van der Waals surface area contributed by atoms with Gasteiger partial charge in [0, 0.05) is 24.9 Å². The molecule has 1 fully saturated rings. The number of carbonyl (C=O) groups excluding carboxylic acids is 2. The van der Waals surface area contributed by atoms with Gasteiger partial charge >= 0.3 is 0 Å². The van der Waals surface area contributed by atoms with Crippen LogP contribution < -0.4 is 0 Å². The SMILES string of the molecule is CCC(=O)[C@H]1C[C@H](O)CN1C(=O)c1ccccc1. The lowest BCUT2D eigenvalue weighted by atomic mass is 10.1. The van der Waals surface area contributed by atoms with Gasteiger partial charge in [-0.15, -0.1) is 0 Å². The molecule has 0 bridgehead atoms. The highest BCUT2D eigenvalue weighted by Crippen LogP contribution is 2.22. The summed E-state index contributed by atoms with van der Waals surface area (Å²) in [6.07, 6.45) is 0.138. The third-order valence-electron chi connectivity index (χ3n) is 3.28. The molecule has 0 unspecified atom stereocenters. The lowest BCUT2D eigenvalue weighted by Gasteiger charge is -2.23. The lowest BCUT2D eigenvalue weighted by Crippen LogP contribution is -2.40. The van der Waals surface area contributed by atoms with Crippen LogP contribution in [-0.4, -0.2) is 40.4 Å². The zero-order chi connectivity index (χ0) is 13.1. The number of ketones is 1. The Balaban J connectivity index is 2.21. The second-order valence-corrected chi connectivity index (χ2v) is 4.55. The van der Waals surface area contributed by atoms with Gasteiger partial charge in [-0.05, 0) is 12.1 Å². The fourth-order valence-corrected chi connectivity index (χ4v) is 2.33. The summed E-state index contributed by atoms with van der Waals surface area (Å²) in [5.74, 6) is -0.171. The van der Waals surface area contributed by atoms with Gasteiger partial charge in [-0.2, -0.15) is 0 Å². The van der Waals surface area contributed by atoms with E-state index >= 15 is 0 Å². The lowest BCUT2D eigenvalue weighted by molar-refractivity contribution is -0.122. The zero-order valence-electron chi connectivity index (χ0n) is 10.4. The second kappa shape index (κ2) is 5.31. The molecule has 1 aliphatic rings. The van der Waals surface area contributed by atoms with Crippen LogP contribution in [0.3, 0.4) is 0 Å². The van der Waals surface area contributed by atoms with Crippen LogP contribution in [-0.2, 0) is 4.79 Å². The number of likely N-dealkylation sites (tertiary alicyclic amines) is 1. The van der Waals surface area contributed by atoms with Crippen molar-refractivity contribution in [3.63, 3.8) is 0 Å². The average molecular weight is 247 g/mol. The number of benzene rings is 1. The number of carbonyl (C=O) groups is 2. The number of β-amino-alcohol motifs (C(OH)–C–C–N with tert-alkyl or cyclic N) is 1. The number of nitrogens with zero attached hydrogens (tertiary/aromatic N) is 1. The summed E-state index contributed by atoms with van der Waals surface area (Å²) in [6, 6.07) is 8.38. The number of hydrogen-bond donors (Lipinski definition) is 1.